The number of para-hydroxylation sites is 1. The fourth-order valence-corrected chi connectivity index (χ4v) is 2.46. The van der Waals surface area contributed by atoms with Gasteiger partial charge in [0.1, 0.15) is 12.4 Å². The van der Waals surface area contributed by atoms with Crippen molar-refractivity contribution in [2.24, 2.45) is 0 Å². The van der Waals surface area contributed by atoms with Gasteiger partial charge in [0.15, 0.2) is 0 Å². The Labute approximate surface area is 144 Å². The predicted molar refractivity (Wildman–Crippen MR) is 97.5 cm³/mol. The number of benzene rings is 2. The van der Waals surface area contributed by atoms with Crippen LogP contribution < -0.4 is 15.4 Å². The zero-order valence-corrected chi connectivity index (χ0v) is 14.3. The zero-order chi connectivity index (χ0) is 17.0. The van der Waals surface area contributed by atoms with E-state index in [0.29, 0.717) is 19.7 Å². The molecule has 4 heteroatoms. The standard InChI is InChI=1S/C20H26N2O2/c1-2-18-12-6-7-13-19(18)24-16-15-22-20(23)21-14-8-11-17-9-4-3-5-10-17/h3-7,9-10,12-13H,2,8,11,14-16H2,1H3,(H2,21,22,23). The third-order valence-corrected chi connectivity index (χ3v) is 3.77. The van der Waals surface area contributed by atoms with E-state index < -0.39 is 0 Å². The average molecular weight is 326 g/mol. The number of carbonyl (C=O) groups is 1. The minimum atomic E-state index is -0.143. The van der Waals surface area contributed by atoms with Gasteiger partial charge >= 0.3 is 6.03 Å². The van der Waals surface area contributed by atoms with Crippen LogP contribution in [0.15, 0.2) is 54.6 Å². The van der Waals surface area contributed by atoms with Crippen molar-refractivity contribution in [1.29, 1.82) is 0 Å². The molecule has 0 aliphatic carbocycles. The van der Waals surface area contributed by atoms with E-state index in [1.165, 1.54) is 11.1 Å². The Morgan fingerprint density at radius 3 is 2.46 bits per heavy atom. The van der Waals surface area contributed by atoms with Gasteiger partial charge in [0.25, 0.3) is 0 Å². The Balaban J connectivity index is 1.55. The van der Waals surface area contributed by atoms with Gasteiger partial charge in [-0.1, -0.05) is 55.5 Å². The summed E-state index contributed by atoms with van der Waals surface area (Å²) in [6.07, 6.45) is 2.83. The van der Waals surface area contributed by atoms with E-state index >= 15 is 0 Å². The molecule has 0 fully saturated rings. The van der Waals surface area contributed by atoms with Crippen molar-refractivity contribution in [1.82, 2.24) is 10.6 Å². The topological polar surface area (TPSA) is 50.4 Å². The number of hydrogen-bond acceptors (Lipinski definition) is 2. The van der Waals surface area contributed by atoms with Crippen LogP contribution in [0.4, 0.5) is 4.79 Å². The van der Waals surface area contributed by atoms with Gasteiger partial charge in [0, 0.05) is 6.54 Å². The SMILES string of the molecule is CCc1ccccc1OCCNC(=O)NCCCc1ccccc1. The lowest BCUT2D eigenvalue weighted by molar-refractivity contribution is 0.236. The van der Waals surface area contributed by atoms with Crippen LogP contribution in [0.2, 0.25) is 0 Å². The minimum absolute atomic E-state index is 0.143. The molecule has 24 heavy (non-hydrogen) atoms. The number of aryl methyl sites for hydroxylation is 2. The van der Waals surface area contributed by atoms with Crippen LogP contribution in [0.5, 0.6) is 5.75 Å². The van der Waals surface area contributed by atoms with Crippen LogP contribution in [0.3, 0.4) is 0 Å². The van der Waals surface area contributed by atoms with Gasteiger partial charge in [-0.3, -0.25) is 0 Å². The van der Waals surface area contributed by atoms with Crippen LogP contribution in [-0.4, -0.2) is 25.7 Å². The molecule has 0 heterocycles. The highest BCUT2D eigenvalue weighted by molar-refractivity contribution is 5.73. The molecule has 0 radical (unpaired) electrons. The lowest BCUT2D eigenvalue weighted by atomic mass is 10.1. The monoisotopic (exact) mass is 326 g/mol. The van der Waals surface area contributed by atoms with Crippen LogP contribution in [0.25, 0.3) is 0 Å². The first kappa shape index (κ1) is 17.9. The first-order valence-corrected chi connectivity index (χ1v) is 8.56. The highest BCUT2D eigenvalue weighted by atomic mass is 16.5. The Morgan fingerprint density at radius 1 is 0.958 bits per heavy atom. The van der Waals surface area contributed by atoms with E-state index in [4.69, 9.17) is 4.74 Å². The summed E-state index contributed by atoms with van der Waals surface area (Å²) in [5.74, 6) is 0.894. The van der Waals surface area contributed by atoms with Gasteiger partial charge in [-0.15, -0.1) is 0 Å². The lowest BCUT2D eigenvalue weighted by Crippen LogP contribution is -2.38. The van der Waals surface area contributed by atoms with Crippen LogP contribution >= 0.6 is 0 Å². The second kappa shape index (κ2) is 10.3. The molecule has 0 saturated carbocycles. The molecule has 0 aliphatic rings. The summed E-state index contributed by atoms with van der Waals surface area (Å²) in [6.45, 7) is 3.72. The van der Waals surface area contributed by atoms with E-state index in [-0.39, 0.29) is 6.03 Å². The van der Waals surface area contributed by atoms with Gasteiger partial charge in [-0.25, -0.2) is 4.79 Å². The van der Waals surface area contributed by atoms with Crippen LogP contribution in [0.1, 0.15) is 24.5 Å². The summed E-state index contributed by atoms with van der Waals surface area (Å²) in [5, 5.41) is 5.68. The Kier molecular flexibility index (Phi) is 7.68. The maximum absolute atomic E-state index is 11.7. The van der Waals surface area contributed by atoms with Gasteiger partial charge in [-0.05, 0) is 36.5 Å². The van der Waals surface area contributed by atoms with Crippen molar-refractivity contribution in [2.45, 2.75) is 26.2 Å². The summed E-state index contributed by atoms with van der Waals surface area (Å²) in [6, 6.07) is 18.1. The zero-order valence-electron chi connectivity index (χ0n) is 14.3. The molecular weight excluding hydrogens is 300 g/mol. The molecule has 0 saturated heterocycles. The second-order valence-electron chi connectivity index (χ2n) is 5.58. The fourth-order valence-electron chi connectivity index (χ4n) is 2.46. The summed E-state index contributed by atoms with van der Waals surface area (Å²) >= 11 is 0. The molecule has 0 aromatic heterocycles. The molecule has 2 N–H and O–H groups in total. The number of carbonyl (C=O) groups excluding carboxylic acids is 1. The molecule has 4 nitrogen and oxygen atoms in total. The van der Waals surface area contributed by atoms with E-state index in [1.807, 2.05) is 36.4 Å². The van der Waals surface area contributed by atoms with Crippen molar-refractivity contribution < 1.29 is 9.53 Å². The number of urea groups is 1. The third kappa shape index (κ3) is 6.32. The molecular formula is C20H26N2O2. The predicted octanol–water partition coefficient (Wildman–Crippen LogP) is 3.56. The fraction of sp³-hybridized carbons (Fsp3) is 0.350. The molecule has 0 spiro atoms. The van der Waals surface area contributed by atoms with Gasteiger partial charge in [-0.2, -0.15) is 0 Å². The van der Waals surface area contributed by atoms with E-state index in [2.05, 4.69) is 35.8 Å². The van der Waals surface area contributed by atoms with Crippen LogP contribution in [-0.2, 0) is 12.8 Å². The molecule has 0 aliphatic heterocycles. The molecule has 2 amide bonds. The Bertz CT molecular complexity index is 614. The number of ether oxygens (including phenoxy) is 1. The highest BCUT2D eigenvalue weighted by Crippen LogP contribution is 2.17. The molecule has 2 aromatic carbocycles. The van der Waals surface area contributed by atoms with Crippen molar-refractivity contribution in [3.63, 3.8) is 0 Å². The number of rotatable bonds is 9. The van der Waals surface area contributed by atoms with Crippen molar-refractivity contribution in [3.8, 4) is 5.75 Å². The molecule has 0 atom stereocenters. The van der Waals surface area contributed by atoms with Crippen LogP contribution in [0, 0.1) is 0 Å². The van der Waals surface area contributed by atoms with E-state index in [1.54, 1.807) is 0 Å². The summed E-state index contributed by atoms with van der Waals surface area (Å²) in [5.41, 5.74) is 2.48. The molecule has 2 rings (SSSR count). The largest absolute Gasteiger partial charge is 0.491 e. The molecule has 0 bridgehead atoms. The maximum atomic E-state index is 11.7. The summed E-state index contributed by atoms with van der Waals surface area (Å²) in [7, 11) is 0. The Morgan fingerprint density at radius 2 is 1.67 bits per heavy atom. The van der Waals surface area contributed by atoms with Gasteiger partial charge in [0.2, 0.25) is 0 Å². The third-order valence-electron chi connectivity index (χ3n) is 3.77. The molecule has 128 valence electrons. The van der Waals surface area contributed by atoms with Crippen molar-refractivity contribution >= 4 is 6.03 Å². The average Bonchev–Trinajstić information content (AvgIpc) is 2.63. The molecule has 0 unspecified atom stereocenters. The van der Waals surface area contributed by atoms with Crippen molar-refractivity contribution in [3.05, 3.63) is 65.7 Å². The second-order valence-corrected chi connectivity index (χ2v) is 5.58. The number of amides is 2. The summed E-state index contributed by atoms with van der Waals surface area (Å²) in [4.78, 5) is 11.7. The minimum Gasteiger partial charge on any atom is -0.491 e. The maximum Gasteiger partial charge on any atom is 0.314 e. The smallest absolute Gasteiger partial charge is 0.314 e. The van der Waals surface area contributed by atoms with Crippen molar-refractivity contribution in [2.75, 3.05) is 19.7 Å². The lowest BCUT2D eigenvalue weighted by Gasteiger charge is -2.11. The van der Waals surface area contributed by atoms with Gasteiger partial charge < -0.3 is 15.4 Å². The quantitative estimate of drug-likeness (QED) is 0.692. The van der Waals surface area contributed by atoms with E-state index in [9.17, 15) is 4.79 Å². The number of nitrogens with one attached hydrogen (secondary N) is 2. The Hall–Kier alpha value is -2.49. The normalized spacial score (nSPS) is 10.2. The van der Waals surface area contributed by atoms with E-state index in [0.717, 1.165) is 25.0 Å². The highest BCUT2D eigenvalue weighted by Gasteiger charge is 2.02. The first-order chi connectivity index (χ1) is 11.8. The first-order valence-electron chi connectivity index (χ1n) is 8.56. The molecule has 2 aromatic rings. The summed E-state index contributed by atoms with van der Waals surface area (Å²) < 4.78 is 5.72. The number of hydrogen-bond donors (Lipinski definition) is 2. The van der Waals surface area contributed by atoms with Gasteiger partial charge in [0.05, 0.1) is 6.54 Å².